The predicted octanol–water partition coefficient (Wildman–Crippen LogP) is 4.17. The van der Waals surface area contributed by atoms with Crippen LogP contribution in [0.5, 0.6) is 0 Å². The first-order chi connectivity index (χ1) is 20.0. The standard InChI is InChI=1S/C33H53N7O2/c1-7-9-28-10-8-11-29(35-28)24-40-25-30(22-34-40)37-18-20-38(21-19-37)31(41)27-14-12-26(13-15-27)23-39(17-16-36(5)6)32(42)33(2,3)4/h8,10-11,22,25-27H,7,9,12-21,23-24H2,1-6H3. The lowest BCUT2D eigenvalue weighted by Gasteiger charge is -2.39. The van der Waals surface area contributed by atoms with Gasteiger partial charge in [0.15, 0.2) is 0 Å². The van der Waals surface area contributed by atoms with E-state index >= 15 is 0 Å². The summed E-state index contributed by atoms with van der Waals surface area (Å²) in [7, 11) is 4.10. The Labute approximate surface area is 253 Å². The Kier molecular flexibility index (Phi) is 11.0. The molecule has 0 spiro atoms. The van der Waals surface area contributed by atoms with Crippen molar-refractivity contribution >= 4 is 17.5 Å². The molecule has 1 saturated carbocycles. The van der Waals surface area contributed by atoms with Gasteiger partial charge in [0, 0.05) is 69.0 Å². The molecule has 1 aliphatic carbocycles. The minimum atomic E-state index is -0.377. The third-order valence-corrected chi connectivity index (χ3v) is 8.69. The van der Waals surface area contributed by atoms with Gasteiger partial charge in [-0.05, 0) is 64.3 Å². The monoisotopic (exact) mass is 579 g/mol. The van der Waals surface area contributed by atoms with Gasteiger partial charge in [-0.15, -0.1) is 0 Å². The first kappa shape index (κ1) is 32.0. The zero-order chi connectivity index (χ0) is 30.3. The van der Waals surface area contributed by atoms with Crippen LogP contribution < -0.4 is 4.90 Å². The van der Waals surface area contributed by atoms with Crippen molar-refractivity contribution in [2.45, 2.75) is 72.8 Å². The van der Waals surface area contributed by atoms with Crippen LogP contribution in [0.2, 0.25) is 0 Å². The van der Waals surface area contributed by atoms with Crippen molar-refractivity contribution in [3.05, 3.63) is 42.0 Å². The number of aryl methyl sites for hydroxylation is 1. The molecule has 1 saturated heterocycles. The van der Waals surface area contributed by atoms with Crippen molar-refractivity contribution in [3.8, 4) is 0 Å². The van der Waals surface area contributed by atoms with Gasteiger partial charge in [0.25, 0.3) is 0 Å². The molecular weight excluding hydrogens is 526 g/mol. The number of pyridine rings is 1. The van der Waals surface area contributed by atoms with E-state index in [1.165, 1.54) is 0 Å². The molecule has 0 aromatic carbocycles. The summed E-state index contributed by atoms with van der Waals surface area (Å²) in [5, 5.41) is 4.59. The molecule has 2 amide bonds. The van der Waals surface area contributed by atoms with Gasteiger partial charge >= 0.3 is 0 Å². The summed E-state index contributed by atoms with van der Waals surface area (Å²) in [5.74, 6) is 1.13. The van der Waals surface area contributed by atoms with Crippen LogP contribution in [0.3, 0.4) is 0 Å². The number of aromatic nitrogens is 3. The van der Waals surface area contributed by atoms with E-state index < -0.39 is 0 Å². The van der Waals surface area contributed by atoms with Gasteiger partial charge in [0.2, 0.25) is 11.8 Å². The lowest BCUT2D eigenvalue weighted by molar-refractivity contribution is -0.141. The maximum absolute atomic E-state index is 13.4. The molecule has 2 fully saturated rings. The second kappa shape index (κ2) is 14.5. The number of anilines is 1. The molecule has 42 heavy (non-hydrogen) atoms. The number of hydrogen-bond acceptors (Lipinski definition) is 6. The van der Waals surface area contributed by atoms with Crippen molar-refractivity contribution in [3.63, 3.8) is 0 Å². The topological polar surface area (TPSA) is 77.8 Å². The molecular formula is C33H53N7O2. The van der Waals surface area contributed by atoms with E-state index in [2.05, 4.69) is 70.1 Å². The van der Waals surface area contributed by atoms with Gasteiger partial charge in [-0.3, -0.25) is 19.3 Å². The number of nitrogens with zero attached hydrogens (tertiary/aromatic N) is 7. The zero-order valence-corrected chi connectivity index (χ0v) is 26.9. The van der Waals surface area contributed by atoms with E-state index in [0.29, 0.717) is 18.4 Å². The van der Waals surface area contributed by atoms with Gasteiger partial charge in [0.1, 0.15) is 0 Å². The molecule has 2 aromatic heterocycles. The molecule has 0 unspecified atom stereocenters. The van der Waals surface area contributed by atoms with Gasteiger partial charge in [-0.1, -0.05) is 40.2 Å². The predicted molar refractivity (Wildman–Crippen MR) is 168 cm³/mol. The van der Waals surface area contributed by atoms with Crippen LogP contribution in [0.1, 0.15) is 71.2 Å². The van der Waals surface area contributed by atoms with E-state index in [4.69, 9.17) is 4.98 Å². The molecule has 232 valence electrons. The zero-order valence-electron chi connectivity index (χ0n) is 26.9. The Hall–Kier alpha value is -2.94. The average molecular weight is 580 g/mol. The van der Waals surface area contributed by atoms with Gasteiger partial charge < -0.3 is 19.6 Å². The fourth-order valence-electron chi connectivity index (χ4n) is 6.20. The first-order valence-corrected chi connectivity index (χ1v) is 16.0. The van der Waals surface area contributed by atoms with Crippen LogP contribution in [0, 0.1) is 17.3 Å². The third kappa shape index (κ3) is 8.79. The Morgan fingerprint density at radius 3 is 2.31 bits per heavy atom. The molecule has 3 heterocycles. The van der Waals surface area contributed by atoms with Gasteiger partial charge in [-0.2, -0.15) is 5.10 Å². The molecule has 2 aliphatic rings. The second-order valence-electron chi connectivity index (χ2n) is 13.6. The van der Waals surface area contributed by atoms with E-state index in [1.54, 1.807) is 0 Å². The highest BCUT2D eigenvalue weighted by Crippen LogP contribution is 2.32. The van der Waals surface area contributed by atoms with Gasteiger partial charge in [0.05, 0.1) is 24.1 Å². The Bertz CT molecular complexity index is 1160. The number of likely N-dealkylation sites (N-methyl/N-ethyl adjacent to an activating group) is 1. The lowest BCUT2D eigenvalue weighted by Crippen LogP contribution is -2.51. The van der Waals surface area contributed by atoms with Crippen molar-refractivity contribution in [1.82, 2.24) is 29.5 Å². The van der Waals surface area contributed by atoms with Crippen LogP contribution in [-0.2, 0) is 22.6 Å². The molecule has 4 rings (SSSR count). The fourth-order valence-corrected chi connectivity index (χ4v) is 6.20. The summed E-state index contributed by atoms with van der Waals surface area (Å²) in [6, 6.07) is 6.23. The van der Waals surface area contributed by atoms with Crippen molar-refractivity contribution in [2.75, 3.05) is 64.8 Å². The lowest BCUT2D eigenvalue weighted by atomic mass is 9.80. The summed E-state index contributed by atoms with van der Waals surface area (Å²) < 4.78 is 1.96. The molecule has 0 radical (unpaired) electrons. The Morgan fingerprint density at radius 2 is 1.67 bits per heavy atom. The van der Waals surface area contributed by atoms with Crippen LogP contribution in [-0.4, -0.2) is 101 Å². The highest BCUT2D eigenvalue weighted by molar-refractivity contribution is 5.81. The molecule has 0 atom stereocenters. The average Bonchev–Trinajstić information content (AvgIpc) is 3.43. The van der Waals surface area contributed by atoms with Crippen LogP contribution in [0.4, 0.5) is 5.69 Å². The second-order valence-corrected chi connectivity index (χ2v) is 13.6. The molecule has 0 N–H and O–H groups in total. The summed E-state index contributed by atoms with van der Waals surface area (Å²) >= 11 is 0. The minimum Gasteiger partial charge on any atom is -0.365 e. The number of piperazine rings is 1. The SMILES string of the molecule is CCCc1cccc(Cn2cc(N3CCN(C(=O)C4CCC(CN(CCN(C)C)C(=O)C(C)(C)C)CC4)CC3)cn2)n1. The number of amides is 2. The summed E-state index contributed by atoms with van der Waals surface area (Å²) in [6.45, 7) is 14.4. The number of carbonyl (C=O) groups excluding carboxylic acids is 2. The van der Waals surface area contributed by atoms with Gasteiger partial charge in [-0.25, -0.2) is 0 Å². The number of carbonyl (C=O) groups is 2. The number of rotatable bonds is 11. The fraction of sp³-hybridized carbons (Fsp3) is 0.697. The minimum absolute atomic E-state index is 0.111. The molecule has 1 aliphatic heterocycles. The Morgan fingerprint density at radius 1 is 0.976 bits per heavy atom. The smallest absolute Gasteiger partial charge is 0.227 e. The van der Waals surface area contributed by atoms with Crippen molar-refractivity contribution in [2.24, 2.45) is 17.3 Å². The largest absolute Gasteiger partial charge is 0.365 e. The summed E-state index contributed by atoms with van der Waals surface area (Å²) in [5.41, 5.74) is 2.89. The Balaban J connectivity index is 1.23. The normalized spacial score (nSPS) is 19.8. The summed E-state index contributed by atoms with van der Waals surface area (Å²) in [4.78, 5) is 39.9. The van der Waals surface area contributed by atoms with E-state index in [0.717, 1.165) is 101 Å². The molecule has 9 nitrogen and oxygen atoms in total. The van der Waals surface area contributed by atoms with E-state index in [9.17, 15) is 9.59 Å². The number of hydrogen-bond donors (Lipinski definition) is 0. The molecule has 9 heteroatoms. The maximum Gasteiger partial charge on any atom is 0.227 e. The van der Waals surface area contributed by atoms with E-state index in [-0.39, 0.29) is 17.2 Å². The molecule has 0 bridgehead atoms. The van der Waals surface area contributed by atoms with Crippen molar-refractivity contribution in [1.29, 1.82) is 0 Å². The van der Waals surface area contributed by atoms with Crippen LogP contribution in [0.25, 0.3) is 0 Å². The molecule has 2 aromatic rings. The van der Waals surface area contributed by atoms with E-state index in [1.807, 2.05) is 31.6 Å². The highest BCUT2D eigenvalue weighted by Gasteiger charge is 2.34. The quantitative estimate of drug-likeness (QED) is 0.398. The maximum atomic E-state index is 13.4. The first-order valence-electron chi connectivity index (χ1n) is 16.0. The van der Waals surface area contributed by atoms with Crippen LogP contribution in [0.15, 0.2) is 30.6 Å². The summed E-state index contributed by atoms with van der Waals surface area (Å²) in [6.07, 6.45) is 10.00. The van der Waals surface area contributed by atoms with Crippen LogP contribution >= 0.6 is 0 Å². The third-order valence-electron chi connectivity index (χ3n) is 8.69. The highest BCUT2D eigenvalue weighted by atomic mass is 16.2. The van der Waals surface area contributed by atoms with Crippen molar-refractivity contribution < 1.29 is 9.59 Å².